The van der Waals surface area contributed by atoms with Gasteiger partial charge in [-0.3, -0.25) is 0 Å². The standard InChI is InChI=1S/C13H26N2O2/c1-13(2,3)7-5-8-14-12(17)15-9-4-6-11(16)10-15/h11,16H,4-10H2,1-3H3,(H,14,17). The first-order valence-electron chi connectivity index (χ1n) is 6.59. The molecule has 2 N–H and O–H groups in total. The van der Waals surface area contributed by atoms with Crippen LogP contribution in [0.5, 0.6) is 0 Å². The largest absolute Gasteiger partial charge is 0.391 e. The summed E-state index contributed by atoms with van der Waals surface area (Å²) in [5.41, 5.74) is 0.325. The van der Waals surface area contributed by atoms with Crippen molar-refractivity contribution in [3.8, 4) is 0 Å². The number of piperidine rings is 1. The molecule has 17 heavy (non-hydrogen) atoms. The first-order valence-corrected chi connectivity index (χ1v) is 6.59. The van der Waals surface area contributed by atoms with Gasteiger partial charge in [-0.15, -0.1) is 0 Å². The van der Waals surface area contributed by atoms with E-state index in [4.69, 9.17) is 0 Å². The van der Waals surface area contributed by atoms with Crippen LogP contribution in [0.25, 0.3) is 0 Å². The summed E-state index contributed by atoms with van der Waals surface area (Å²) in [7, 11) is 0. The lowest BCUT2D eigenvalue weighted by Crippen LogP contribution is -2.47. The Labute approximate surface area is 104 Å². The molecule has 1 rings (SSSR count). The lowest BCUT2D eigenvalue weighted by molar-refractivity contribution is 0.0842. The van der Waals surface area contributed by atoms with Crippen LogP contribution in [0.2, 0.25) is 0 Å². The number of likely N-dealkylation sites (tertiary alicyclic amines) is 1. The van der Waals surface area contributed by atoms with Crippen LogP contribution in [-0.4, -0.2) is 41.8 Å². The van der Waals surface area contributed by atoms with Crippen LogP contribution in [-0.2, 0) is 0 Å². The molecule has 4 nitrogen and oxygen atoms in total. The Hall–Kier alpha value is -0.770. The number of urea groups is 1. The summed E-state index contributed by atoms with van der Waals surface area (Å²) in [6, 6.07) is -0.0299. The summed E-state index contributed by atoms with van der Waals surface area (Å²) in [5.74, 6) is 0. The minimum atomic E-state index is -0.343. The number of nitrogens with zero attached hydrogens (tertiary/aromatic N) is 1. The second-order valence-corrected chi connectivity index (χ2v) is 6.14. The van der Waals surface area contributed by atoms with Crippen molar-refractivity contribution in [2.24, 2.45) is 5.41 Å². The van der Waals surface area contributed by atoms with Gasteiger partial charge in [0.1, 0.15) is 0 Å². The molecule has 100 valence electrons. The molecule has 1 aliphatic heterocycles. The predicted molar refractivity (Wildman–Crippen MR) is 68.9 cm³/mol. The fraction of sp³-hybridized carbons (Fsp3) is 0.923. The SMILES string of the molecule is CC(C)(C)CCCNC(=O)N1CCCC(O)C1. The minimum absolute atomic E-state index is 0.0299. The molecule has 1 atom stereocenters. The zero-order valence-corrected chi connectivity index (χ0v) is 11.3. The number of hydrogen-bond acceptors (Lipinski definition) is 2. The Kier molecular flexibility index (Phi) is 5.25. The number of rotatable bonds is 3. The van der Waals surface area contributed by atoms with Gasteiger partial charge in [0.2, 0.25) is 0 Å². The highest BCUT2D eigenvalue weighted by Crippen LogP contribution is 2.19. The van der Waals surface area contributed by atoms with Crippen molar-refractivity contribution in [2.45, 2.75) is 52.6 Å². The van der Waals surface area contributed by atoms with Gasteiger partial charge in [0, 0.05) is 19.6 Å². The molecule has 0 spiro atoms. The second-order valence-electron chi connectivity index (χ2n) is 6.14. The number of aliphatic hydroxyl groups excluding tert-OH is 1. The van der Waals surface area contributed by atoms with Crippen LogP contribution < -0.4 is 5.32 Å². The van der Waals surface area contributed by atoms with Gasteiger partial charge in [-0.05, 0) is 31.1 Å². The van der Waals surface area contributed by atoms with Crippen LogP contribution in [0.1, 0.15) is 46.5 Å². The predicted octanol–water partition coefficient (Wildman–Crippen LogP) is 1.98. The molecule has 0 radical (unpaired) electrons. The molecule has 0 aromatic carbocycles. The number of hydrogen-bond donors (Lipinski definition) is 2. The number of amides is 2. The molecule has 1 unspecified atom stereocenters. The van der Waals surface area contributed by atoms with Crippen molar-refractivity contribution in [1.29, 1.82) is 0 Å². The number of nitrogens with one attached hydrogen (secondary N) is 1. The molecular formula is C13H26N2O2. The van der Waals surface area contributed by atoms with Gasteiger partial charge in [-0.2, -0.15) is 0 Å². The summed E-state index contributed by atoms with van der Waals surface area (Å²) in [4.78, 5) is 13.5. The number of carbonyl (C=O) groups excluding carboxylic acids is 1. The first-order chi connectivity index (χ1) is 7.88. The van der Waals surface area contributed by atoms with Gasteiger partial charge in [-0.1, -0.05) is 20.8 Å². The molecule has 1 saturated heterocycles. The van der Waals surface area contributed by atoms with Crippen molar-refractivity contribution in [1.82, 2.24) is 10.2 Å². The summed E-state index contributed by atoms with van der Waals surface area (Å²) >= 11 is 0. The van der Waals surface area contributed by atoms with E-state index in [1.54, 1.807) is 4.90 Å². The molecule has 0 aromatic heterocycles. The lowest BCUT2D eigenvalue weighted by atomic mass is 9.91. The van der Waals surface area contributed by atoms with Crippen LogP contribution >= 0.6 is 0 Å². The van der Waals surface area contributed by atoms with Crippen molar-refractivity contribution in [3.05, 3.63) is 0 Å². The smallest absolute Gasteiger partial charge is 0.317 e. The van der Waals surface area contributed by atoms with E-state index in [1.165, 1.54) is 0 Å². The van der Waals surface area contributed by atoms with Gasteiger partial charge in [-0.25, -0.2) is 4.79 Å². The number of aliphatic hydroxyl groups is 1. The minimum Gasteiger partial charge on any atom is -0.391 e. The molecule has 2 amide bonds. The number of β-amino-alcohol motifs (C(OH)–C–C–N with tert-alkyl or cyclic N) is 1. The zero-order chi connectivity index (χ0) is 12.9. The summed E-state index contributed by atoms with van der Waals surface area (Å²) in [6.45, 7) is 8.58. The van der Waals surface area contributed by atoms with E-state index in [9.17, 15) is 9.90 Å². The van der Waals surface area contributed by atoms with Gasteiger partial charge >= 0.3 is 6.03 Å². The van der Waals surface area contributed by atoms with Crippen LogP contribution in [0.3, 0.4) is 0 Å². The van der Waals surface area contributed by atoms with Gasteiger partial charge < -0.3 is 15.3 Å². The molecule has 0 aliphatic carbocycles. The maximum absolute atomic E-state index is 11.8. The Morgan fingerprint density at radius 3 is 2.76 bits per heavy atom. The Morgan fingerprint density at radius 2 is 2.18 bits per heavy atom. The quantitative estimate of drug-likeness (QED) is 0.744. The highest BCUT2D eigenvalue weighted by Gasteiger charge is 2.21. The van der Waals surface area contributed by atoms with E-state index in [0.717, 1.165) is 38.8 Å². The Bertz CT molecular complexity index is 248. The average molecular weight is 242 g/mol. The Morgan fingerprint density at radius 1 is 1.47 bits per heavy atom. The summed E-state index contributed by atoms with van der Waals surface area (Å²) < 4.78 is 0. The van der Waals surface area contributed by atoms with Crippen LogP contribution in [0.15, 0.2) is 0 Å². The van der Waals surface area contributed by atoms with E-state index >= 15 is 0 Å². The molecule has 1 fully saturated rings. The molecular weight excluding hydrogens is 216 g/mol. The average Bonchev–Trinajstić information content (AvgIpc) is 2.23. The molecule has 0 bridgehead atoms. The fourth-order valence-electron chi connectivity index (χ4n) is 2.07. The summed E-state index contributed by atoms with van der Waals surface area (Å²) in [5, 5.41) is 12.4. The maximum Gasteiger partial charge on any atom is 0.317 e. The highest BCUT2D eigenvalue weighted by molar-refractivity contribution is 5.74. The topological polar surface area (TPSA) is 52.6 Å². The number of carbonyl (C=O) groups is 1. The Balaban J connectivity index is 2.16. The third-order valence-electron chi connectivity index (χ3n) is 3.06. The maximum atomic E-state index is 11.8. The van der Waals surface area contributed by atoms with Crippen molar-refractivity contribution >= 4 is 6.03 Å². The second kappa shape index (κ2) is 6.24. The summed E-state index contributed by atoms with van der Waals surface area (Å²) in [6.07, 6.45) is 3.48. The molecule has 0 saturated carbocycles. The first kappa shape index (κ1) is 14.3. The van der Waals surface area contributed by atoms with Gasteiger partial charge in [0.15, 0.2) is 0 Å². The van der Waals surface area contributed by atoms with Gasteiger partial charge in [0.05, 0.1) is 6.10 Å². The van der Waals surface area contributed by atoms with E-state index in [1.807, 2.05) is 0 Å². The van der Waals surface area contributed by atoms with E-state index in [2.05, 4.69) is 26.1 Å². The van der Waals surface area contributed by atoms with Crippen molar-refractivity contribution < 1.29 is 9.90 Å². The van der Waals surface area contributed by atoms with E-state index < -0.39 is 0 Å². The third kappa shape index (κ3) is 5.91. The zero-order valence-electron chi connectivity index (χ0n) is 11.3. The lowest BCUT2D eigenvalue weighted by Gasteiger charge is -2.30. The van der Waals surface area contributed by atoms with Crippen LogP contribution in [0.4, 0.5) is 4.79 Å². The monoisotopic (exact) mass is 242 g/mol. The fourth-order valence-corrected chi connectivity index (χ4v) is 2.07. The molecule has 1 heterocycles. The van der Waals surface area contributed by atoms with Crippen molar-refractivity contribution in [2.75, 3.05) is 19.6 Å². The van der Waals surface area contributed by atoms with Crippen molar-refractivity contribution in [3.63, 3.8) is 0 Å². The van der Waals surface area contributed by atoms with E-state index in [0.29, 0.717) is 12.0 Å². The molecule has 1 aliphatic rings. The third-order valence-corrected chi connectivity index (χ3v) is 3.06. The molecule has 4 heteroatoms. The normalized spacial score (nSPS) is 21.4. The van der Waals surface area contributed by atoms with Gasteiger partial charge in [0.25, 0.3) is 0 Å². The molecule has 0 aromatic rings. The highest BCUT2D eigenvalue weighted by atomic mass is 16.3. The van der Waals surface area contributed by atoms with Crippen LogP contribution in [0, 0.1) is 5.41 Å². The van der Waals surface area contributed by atoms with E-state index in [-0.39, 0.29) is 12.1 Å².